The zero-order valence-corrected chi connectivity index (χ0v) is 12.9. The second-order valence-electron chi connectivity index (χ2n) is 5.57. The molecule has 1 aromatic heterocycles. The van der Waals surface area contributed by atoms with Gasteiger partial charge < -0.3 is 0 Å². The number of rotatable bonds is 3. The third-order valence-electron chi connectivity index (χ3n) is 4.09. The van der Waals surface area contributed by atoms with E-state index in [1.165, 1.54) is 0 Å². The minimum Gasteiger partial charge on any atom is -0.233 e. The van der Waals surface area contributed by atoms with Gasteiger partial charge in [-0.25, -0.2) is 4.68 Å². The fraction of sp³-hybridized carbons (Fsp3) is 0.0500. The molecule has 0 aliphatic heterocycles. The van der Waals surface area contributed by atoms with Crippen LogP contribution in [0, 0.1) is 11.3 Å². The van der Waals surface area contributed by atoms with Gasteiger partial charge in [0.2, 0.25) is 0 Å². The van der Waals surface area contributed by atoms with Gasteiger partial charge in [0, 0.05) is 0 Å². The fourth-order valence-corrected chi connectivity index (χ4v) is 2.93. The van der Waals surface area contributed by atoms with Gasteiger partial charge in [0.05, 0.1) is 17.1 Å². The van der Waals surface area contributed by atoms with Crippen LogP contribution in [0.3, 0.4) is 0 Å². The van der Waals surface area contributed by atoms with Gasteiger partial charge in [0.25, 0.3) is 0 Å². The standard InChI is InChI=1S/C20H14N4/c21-14-15-10-12-17(13-11-15)20(16-6-2-1-3-7-16)24-19-9-5-4-8-18(19)22-23-24/h1-13,20H. The Morgan fingerprint density at radius 2 is 1.46 bits per heavy atom. The second kappa shape index (κ2) is 5.98. The highest BCUT2D eigenvalue weighted by Gasteiger charge is 2.19. The van der Waals surface area contributed by atoms with E-state index in [0.29, 0.717) is 5.56 Å². The minimum absolute atomic E-state index is 0.0913. The van der Waals surface area contributed by atoms with E-state index >= 15 is 0 Å². The van der Waals surface area contributed by atoms with Crippen LogP contribution in [-0.4, -0.2) is 15.0 Å². The number of para-hydroxylation sites is 1. The molecule has 0 spiro atoms. The van der Waals surface area contributed by atoms with E-state index in [2.05, 4.69) is 28.5 Å². The van der Waals surface area contributed by atoms with Crippen LogP contribution in [0.1, 0.15) is 22.7 Å². The van der Waals surface area contributed by atoms with Crippen LogP contribution in [0.2, 0.25) is 0 Å². The highest BCUT2D eigenvalue weighted by atomic mass is 15.4. The van der Waals surface area contributed by atoms with Crippen LogP contribution < -0.4 is 0 Å². The van der Waals surface area contributed by atoms with Crippen LogP contribution >= 0.6 is 0 Å². The molecule has 4 nitrogen and oxygen atoms in total. The molecule has 4 aromatic rings. The van der Waals surface area contributed by atoms with Gasteiger partial charge in [0.15, 0.2) is 0 Å². The lowest BCUT2D eigenvalue weighted by Gasteiger charge is -2.19. The van der Waals surface area contributed by atoms with Crippen LogP contribution in [0.5, 0.6) is 0 Å². The van der Waals surface area contributed by atoms with Crippen molar-refractivity contribution >= 4 is 11.0 Å². The number of aromatic nitrogens is 3. The molecule has 0 fully saturated rings. The van der Waals surface area contributed by atoms with Gasteiger partial charge in [-0.15, -0.1) is 5.10 Å². The van der Waals surface area contributed by atoms with Gasteiger partial charge >= 0.3 is 0 Å². The summed E-state index contributed by atoms with van der Waals surface area (Å²) in [4.78, 5) is 0. The zero-order valence-electron chi connectivity index (χ0n) is 12.9. The Morgan fingerprint density at radius 3 is 2.21 bits per heavy atom. The molecule has 4 rings (SSSR count). The van der Waals surface area contributed by atoms with Crippen molar-refractivity contribution in [3.8, 4) is 6.07 Å². The summed E-state index contributed by atoms with van der Waals surface area (Å²) < 4.78 is 1.94. The van der Waals surface area contributed by atoms with E-state index in [1.54, 1.807) is 0 Å². The molecular formula is C20H14N4. The normalized spacial score (nSPS) is 12.0. The minimum atomic E-state index is -0.0913. The Kier molecular flexibility index (Phi) is 3.53. The summed E-state index contributed by atoms with van der Waals surface area (Å²) >= 11 is 0. The van der Waals surface area contributed by atoms with Crippen molar-refractivity contribution in [3.05, 3.63) is 95.6 Å². The summed E-state index contributed by atoms with van der Waals surface area (Å²) in [7, 11) is 0. The number of hydrogen-bond donors (Lipinski definition) is 0. The van der Waals surface area contributed by atoms with E-state index < -0.39 is 0 Å². The maximum Gasteiger partial charge on any atom is 0.113 e. The lowest BCUT2D eigenvalue weighted by Crippen LogP contribution is -2.14. The van der Waals surface area contributed by atoms with E-state index in [-0.39, 0.29) is 6.04 Å². The first-order chi connectivity index (χ1) is 11.9. The molecule has 0 bridgehead atoms. The predicted octanol–water partition coefficient (Wildman–Crippen LogP) is 3.94. The molecule has 0 saturated heterocycles. The topological polar surface area (TPSA) is 54.5 Å². The number of fused-ring (bicyclic) bond motifs is 1. The van der Waals surface area contributed by atoms with Crippen molar-refractivity contribution in [2.75, 3.05) is 0 Å². The summed E-state index contributed by atoms with van der Waals surface area (Å²) in [6.07, 6.45) is 0. The summed E-state index contributed by atoms with van der Waals surface area (Å²) in [6, 6.07) is 27.8. The van der Waals surface area contributed by atoms with Crippen LogP contribution in [0.4, 0.5) is 0 Å². The smallest absolute Gasteiger partial charge is 0.113 e. The Bertz CT molecular complexity index is 1010. The molecule has 0 N–H and O–H groups in total. The molecule has 4 heteroatoms. The van der Waals surface area contributed by atoms with Gasteiger partial charge in [-0.05, 0) is 35.4 Å². The maximum absolute atomic E-state index is 9.03. The predicted molar refractivity (Wildman–Crippen MR) is 92.4 cm³/mol. The number of benzene rings is 3. The molecule has 3 aromatic carbocycles. The first-order valence-electron chi connectivity index (χ1n) is 7.72. The monoisotopic (exact) mass is 310 g/mol. The van der Waals surface area contributed by atoms with E-state index in [9.17, 15) is 0 Å². The van der Waals surface area contributed by atoms with Crippen LogP contribution in [-0.2, 0) is 0 Å². The molecule has 1 atom stereocenters. The van der Waals surface area contributed by atoms with E-state index in [0.717, 1.165) is 22.2 Å². The number of nitriles is 1. The fourth-order valence-electron chi connectivity index (χ4n) is 2.93. The van der Waals surface area contributed by atoms with Crippen LogP contribution in [0.15, 0.2) is 78.9 Å². The SMILES string of the molecule is N#Cc1ccc(C(c2ccccc2)n2nnc3ccccc32)cc1. The summed E-state index contributed by atoms with van der Waals surface area (Å²) in [5.74, 6) is 0. The molecule has 0 radical (unpaired) electrons. The molecule has 0 aliphatic rings. The highest BCUT2D eigenvalue weighted by Crippen LogP contribution is 2.29. The van der Waals surface area contributed by atoms with Crippen molar-refractivity contribution < 1.29 is 0 Å². The number of nitrogens with zero attached hydrogens (tertiary/aromatic N) is 4. The lowest BCUT2D eigenvalue weighted by molar-refractivity contribution is 0.589. The summed E-state index contributed by atoms with van der Waals surface area (Å²) in [5, 5.41) is 17.7. The molecule has 24 heavy (non-hydrogen) atoms. The van der Waals surface area contributed by atoms with E-state index in [4.69, 9.17) is 5.26 Å². The van der Waals surface area contributed by atoms with E-state index in [1.807, 2.05) is 71.4 Å². The average Bonchev–Trinajstić information content (AvgIpc) is 3.07. The van der Waals surface area contributed by atoms with Crippen molar-refractivity contribution in [2.24, 2.45) is 0 Å². The summed E-state index contributed by atoms with van der Waals surface area (Å²) in [5.41, 5.74) is 4.69. The molecule has 1 unspecified atom stereocenters. The average molecular weight is 310 g/mol. The molecule has 0 aliphatic carbocycles. The third kappa shape index (κ3) is 2.42. The Morgan fingerprint density at radius 1 is 0.792 bits per heavy atom. The summed E-state index contributed by atoms with van der Waals surface area (Å²) in [6.45, 7) is 0. The van der Waals surface area contributed by atoms with Crippen molar-refractivity contribution in [2.45, 2.75) is 6.04 Å². The van der Waals surface area contributed by atoms with Crippen LogP contribution in [0.25, 0.3) is 11.0 Å². The molecule has 114 valence electrons. The lowest BCUT2D eigenvalue weighted by atomic mass is 9.97. The first kappa shape index (κ1) is 14.2. The molecular weight excluding hydrogens is 296 g/mol. The molecule has 0 saturated carbocycles. The largest absolute Gasteiger partial charge is 0.233 e. The third-order valence-corrected chi connectivity index (χ3v) is 4.09. The Hall–Kier alpha value is -3.45. The maximum atomic E-state index is 9.03. The quantitative estimate of drug-likeness (QED) is 0.576. The first-order valence-corrected chi connectivity index (χ1v) is 7.72. The van der Waals surface area contributed by atoms with Gasteiger partial charge in [-0.2, -0.15) is 5.26 Å². The Labute approximate surface area is 139 Å². The molecule has 1 heterocycles. The highest BCUT2D eigenvalue weighted by molar-refractivity contribution is 5.74. The zero-order chi connectivity index (χ0) is 16.4. The van der Waals surface area contributed by atoms with Crippen molar-refractivity contribution in [3.63, 3.8) is 0 Å². The van der Waals surface area contributed by atoms with Gasteiger partial charge in [-0.3, -0.25) is 0 Å². The van der Waals surface area contributed by atoms with Crippen molar-refractivity contribution in [1.29, 1.82) is 5.26 Å². The molecule has 0 amide bonds. The number of hydrogen-bond acceptors (Lipinski definition) is 3. The van der Waals surface area contributed by atoms with Gasteiger partial charge in [-0.1, -0.05) is 59.8 Å². The van der Waals surface area contributed by atoms with Crippen molar-refractivity contribution in [1.82, 2.24) is 15.0 Å². The Balaban J connectivity index is 1.92. The van der Waals surface area contributed by atoms with Gasteiger partial charge in [0.1, 0.15) is 11.6 Å². The second-order valence-corrected chi connectivity index (χ2v) is 5.57.